The lowest BCUT2D eigenvalue weighted by molar-refractivity contribution is 0.0966. The number of carbonyl (C=O) groups excluding carboxylic acids is 1. The molecule has 0 aliphatic rings. The van der Waals surface area contributed by atoms with E-state index in [0.717, 1.165) is 16.7 Å². The number of benzene rings is 2. The molecule has 4 heteroatoms. The van der Waals surface area contributed by atoms with Crippen LogP contribution in [0.2, 0.25) is 5.02 Å². The first-order valence-electron chi connectivity index (χ1n) is 7.75. The van der Waals surface area contributed by atoms with Crippen LogP contribution in [-0.4, -0.2) is 5.91 Å². The Balaban J connectivity index is 2.26. The number of hydrogen-bond acceptors (Lipinski definition) is 1. The number of allylic oxidation sites excluding steroid dienone is 5. The van der Waals surface area contributed by atoms with E-state index in [1.807, 2.05) is 19.1 Å². The van der Waals surface area contributed by atoms with E-state index >= 15 is 0 Å². The molecule has 0 radical (unpaired) electrons. The van der Waals surface area contributed by atoms with Crippen molar-refractivity contribution in [2.45, 2.75) is 13.8 Å². The minimum absolute atomic E-state index is 0.245. The first-order valence-corrected chi connectivity index (χ1v) is 8.13. The molecular formula is C21H19ClFNO. The summed E-state index contributed by atoms with van der Waals surface area (Å²) in [6.45, 7) is 7.34. The largest absolute Gasteiger partial charge is 0.326 e. The number of nitrogens with one attached hydrogen (secondary N) is 1. The van der Waals surface area contributed by atoms with Crippen molar-refractivity contribution in [1.29, 1.82) is 0 Å². The van der Waals surface area contributed by atoms with Gasteiger partial charge in [-0.1, -0.05) is 42.5 Å². The van der Waals surface area contributed by atoms with Gasteiger partial charge in [0.05, 0.1) is 0 Å². The van der Waals surface area contributed by atoms with Crippen molar-refractivity contribution in [2.24, 2.45) is 0 Å². The molecule has 25 heavy (non-hydrogen) atoms. The van der Waals surface area contributed by atoms with Gasteiger partial charge in [-0.2, -0.15) is 0 Å². The smallest absolute Gasteiger partial charge is 0.255 e. The summed E-state index contributed by atoms with van der Waals surface area (Å²) in [5.41, 5.74) is 3.64. The summed E-state index contributed by atoms with van der Waals surface area (Å²) in [4.78, 5) is 12.3. The second kappa shape index (κ2) is 8.45. The van der Waals surface area contributed by atoms with Gasteiger partial charge in [0.1, 0.15) is 5.82 Å². The summed E-state index contributed by atoms with van der Waals surface area (Å²) in [6, 6.07) is 11.3. The first kappa shape index (κ1) is 18.7. The highest BCUT2D eigenvalue weighted by molar-refractivity contribution is 6.30. The van der Waals surface area contributed by atoms with Crippen molar-refractivity contribution >= 4 is 23.1 Å². The Morgan fingerprint density at radius 1 is 1.24 bits per heavy atom. The highest BCUT2D eigenvalue weighted by Crippen LogP contribution is 2.22. The van der Waals surface area contributed by atoms with Crippen molar-refractivity contribution in [1.82, 2.24) is 5.32 Å². The maximum absolute atomic E-state index is 13.3. The minimum atomic E-state index is -0.283. The van der Waals surface area contributed by atoms with Crippen molar-refractivity contribution in [3.05, 3.63) is 100 Å². The number of amides is 1. The number of carbonyl (C=O) groups is 1. The van der Waals surface area contributed by atoms with Gasteiger partial charge in [-0.25, -0.2) is 4.39 Å². The fourth-order valence-corrected chi connectivity index (χ4v) is 2.63. The third-order valence-electron chi connectivity index (χ3n) is 3.57. The minimum Gasteiger partial charge on any atom is -0.326 e. The summed E-state index contributed by atoms with van der Waals surface area (Å²) in [7, 11) is 0. The first-order chi connectivity index (χ1) is 11.9. The fourth-order valence-electron chi connectivity index (χ4n) is 2.44. The number of hydrogen-bond donors (Lipinski definition) is 1. The Morgan fingerprint density at radius 2 is 2.00 bits per heavy atom. The molecule has 0 spiro atoms. The van der Waals surface area contributed by atoms with Crippen molar-refractivity contribution < 1.29 is 9.18 Å². The topological polar surface area (TPSA) is 29.1 Å². The van der Waals surface area contributed by atoms with Gasteiger partial charge >= 0.3 is 0 Å². The SMILES string of the molecule is C=C/C=C(\C=C(/C)NC(=O)c1cccc(Cl)c1)c1ccc(F)cc1C. The highest BCUT2D eigenvalue weighted by Gasteiger charge is 2.08. The van der Waals surface area contributed by atoms with Crippen molar-refractivity contribution in [3.8, 4) is 0 Å². The van der Waals surface area contributed by atoms with E-state index in [4.69, 9.17) is 11.6 Å². The molecule has 1 N–H and O–H groups in total. The molecule has 0 aliphatic carbocycles. The standard InChI is InChI=1S/C21H19ClFNO/c1-4-6-16(20-10-9-19(23)11-14(20)2)12-15(3)24-21(25)17-7-5-8-18(22)13-17/h4-13H,1H2,2-3H3,(H,24,25)/b15-12+,16-6+. The maximum Gasteiger partial charge on any atom is 0.255 e. The van der Waals surface area contributed by atoms with Crippen LogP contribution in [0.1, 0.15) is 28.4 Å². The summed E-state index contributed by atoms with van der Waals surface area (Å²) < 4.78 is 13.3. The Bertz CT molecular complexity index is 868. The number of halogens is 2. The second-order valence-corrected chi connectivity index (χ2v) is 6.05. The summed E-state index contributed by atoms with van der Waals surface area (Å²) >= 11 is 5.92. The zero-order chi connectivity index (χ0) is 18.4. The molecule has 0 atom stereocenters. The molecule has 2 rings (SSSR count). The van der Waals surface area contributed by atoms with Gasteiger partial charge in [0.2, 0.25) is 0 Å². The Morgan fingerprint density at radius 3 is 2.64 bits per heavy atom. The van der Waals surface area contributed by atoms with Crippen LogP contribution in [0.15, 0.2) is 73.0 Å². The van der Waals surface area contributed by atoms with Crippen LogP contribution >= 0.6 is 11.6 Å². The maximum atomic E-state index is 13.3. The van der Waals surface area contributed by atoms with E-state index < -0.39 is 0 Å². The van der Waals surface area contributed by atoms with Gasteiger partial charge in [-0.3, -0.25) is 4.79 Å². The zero-order valence-corrected chi connectivity index (χ0v) is 14.9. The number of rotatable bonds is 5. The average Bonchev–Trinajstić information content (AvgIpc) is 2.54. The van der Waals surface area contributed by atoms with Gasteiger partial charge in [-0.15, -0.1) is 0 Å². The Hall–Kier alpha value is -2.65. The van der Waals surface area contributed by atoms with Crippen molar-refractivity contribution in [3.63, 3.8) is 0 Å². The predicted molar refractivity (Wildman–Crippen MR) is 102 cm³/mol. The van der Waals surface area contributed by atoms with Crippen LogP contribution in [0.4, 0.5) is 4.39 Å². The quantitative estimate of drug-likeness (QED) is 0.686. The third-order valence-corrected chi connectivity index (χ3v) is 3.80. The molecule has 1 amide bonds. The summed E-state index contributed by atoms with van der Waals surface area (Å²) in [6.07, 6.45) is 5.29. The normalized spacial score (nSPS) is 12.0. The molecule has 2 nitrogen and oxygen atoms in total. The van der Waals surface area contributed by atoms with E-state index in [0.29, 0.717) is 16.3 Å². The van der Waals surface area contributed by atoms with E-state index in [2.05, 4.69) is 11.9 Å². The zero-order valence-electron chi connectivity index (χ0n) is 14.1. The highest BCUT2D eigenvalue weighted by atomic mass is 35.5. The van der Waals surface area contributed by atoms with Crippen LogP contribution in [0.5, 0.6) is 0 Å². The molecule has 128 valence electrons. The lowest BCUT2D eigenvalue weighted by atomic mass is 9.99. The molecule has 0 heterocycles. The molecule has 0 aromatic heterocycles. The average molecular weight is 356 g/mol. The molecule has 0 aliphatic heterocycles. The monoisotopic (exact) mass is 355 g/mol. The van der Waals surface area contributed by atoms with Gasteiger partial charge in [0.25, 0.3) is 5.91 Å². The van der Waals surface area contributed by atoms with Crippen molar-refractivity contribution in [2.75, 3.05) is 0 Å². The molecule has 0 bridgehead atoms. The molecule has 0 fully saturated rings. The second-order valence-electron chi connectivity index (χ2n) is 5.61. The Labute approximate surface area is 152 Å². The third kappa shape index (κ3) is 5.16. The fraction of sp³-hybridized carbons (Fsp3) is 0.0952. The van der Waals surface area contributed by atoms with Crippen LogP contribution < -0.4 is 5.32 Å². The molecule has 2 aromatic carbocycles. The van der Waals surface area contributed by atoms with Gasteiger partial charge in [-0.05, 0) is 67.0 Å². The van der Waals surface area contributed by atoms with Crippen LogP contribution in [0.25, 0.3) is 5.57 Å². The predicted octanol–water partition coefficient (Wildman–Crippen LogP) is 5.69. The number of aryl methyl sites for hydroxylation is 1. The van der Waals surface area contributed by atoms with Crippen LogP contribution in [0, 0.1) is 12.7 Å². The molecule has 2 aromatic rings. The van der Waals surface area contributed by atoms with Gasteiger partial charge in [0.15, 0.2) is 0 Å². The summed E-state index contributed by atoms with van der Waals surface area (Å²) in [5.74, 6) is -0.529. The molecule has 0 saturated heterocycles. The van der Waals surface area contributed by atoms with Gasteiger partial charge in [0, 0.05) is 16.3 Å². The van der Waals surface area contributed by atoms with E-state index in [9.17, 15) is 9.18 Å². The van der Waals surface area contributed by atoms with E-state index in [1.54, 1.807) is 43.3 Å². The Kier molecular flexibility index (Phi) is 6.31. The van der Waals surface area contributed by atoms with Gasteiger partial charge < -0.3 is 5.32 Å². The molecule has 0 unspecified atom stereocenters. The lowest BCUT2D eigenvalue weighted by Crippen LogP contribution is -2.21. The van der Waals surface area contributed by atoms with E-state index in [-0.39, 0.29) is 11.7 Å². The summed E-state index contributed by atoms with van der Waals surface area (Å²) in [5, 5.41) is 3.33. The molecule has 0 saturated carbocycles. The van der Waals surface area contributed by atoms with Crippen LogP contribution in [-0.2, 0) is 0 Å². The van der Waals surface area contributed by atoms with Crippen LogP contribution in [0.3, 0.4) is 0 Å². The molecular weight excluding hydrogens is 337 g/mol. The lowest BCUT2D eigenvalue weighted by Gasteiger charge is -2.10. The van der Waals surface area contributed by atoms with E-state index in [1.165, 1.54) is 12.1 Å².